The van der Waals surface area contributed by atoms with E-state index in [1.54, 1.807) is 31.4 Å². The van der Waals surface area contributed by atoms with E-state index in [2.05, 4.69) is 0 Å². The fourth-order valence-corrected chi connectivity index (χ4v) is 4.33. The van der Waals surface area contributed by atoms with Crippen molar-refractivity contribution in [3.05, 3.63) is 102 Å². The van der Waals surface area contributed by atoms with E-state index in [1.807, 2.05) is 60.7 Å². The van der Waals surface area contributed by atoms with Crippen molar-refractivity contribution in [3.63, 3.8) is 0 Å². The third-order valence-electron chi connectivity index (χ3n) is 6.32. The minimum Gasteiger partial charge on any atom is -0.497 e. The number of Topliss-reactive ketones (excluding diaryl/α,β-unsaturated/α-hetero) is 1. The van der Waals surface area contributed by atoms with E-state index in [-0.39, 0.29) is 12.4 Å². The Morgan fingerprint density at radius 2 is 1.59 bits per heavy atom. The van der Waals surface area contributed by atoms with Crippen molar-refractivity contribution in [3.8, 4) is 22.8 Å². The molecule has 0 unspecified atom stereocenters. The Kier molecular flexibility index (Phi) is 6.56. The first-order valence-electron chi connectivity index (χ1n) is 11.8. The number of rotatable bonds is 7. The molecular formula is C31H25NO5. The van der Waals surface area contributed by atoms with Gasteiger partial charge in [0.05, 0.1) is 31.0 Å². The highest BCUT2D eigenvalue weighted by Crippen LogP contribution is 2.30. The molecule has 0 radical (unpaired) electrons. The zero-order chi connectivity index (χ0) is 25.9. The Balaban J connectivity index is 1.51. The van der Waals surface area contributed by atoms with Gasteiger partial charge in [0.2, 0.25) is 0 Å². The number of esters is 1. The van der Waals surface area contributed by atoms with Gasteiger partial charge in [0, 0.05) is 22.1 Å². The molecule has 0 fully saturated rings. The van der Waals surface area contributed by atoms with Crippen LogP contribution in [-0.4, -0.2) is 31.0 Å². The molecule has 37 heavy (non-hydrogen) atoms. The SMILES string of the molecule is COc1ccc2cc(-c3cc(C(=O)OCc4cc(C(C)=O)ccc4OC)c4ccccc4n3)ccc2c1. The van der Waals surface area contributed by atoms with Gasteiger partial charge in [0.1, 0.15) is 18.1 Å². The lowest BCUT2D eigenvalue weighted by Gasteiger charge is -2.13. The summed E-state index contributed by atoms with van der Waals surface area (Å²) in [6.07, 6.45) is 0. The second kappa shape index (κ2) is 10.1. The molecule has 0 N–H and O–H groups in total. The van der Waals surface area contributed by atoms with Gasteiger partial charge in [-0.2, -0.15) is 0 Å². The Bertz CT molecular complexity index is 1660. The summed E-state index contributed by atoms with van der Waals surface area (Å²) in [7, 11) is 3.18. The number of ether oxygens (including phenoxy) is 3. The highest BCUT2D eigenvalue weighted by molar-refractivity contribution is 6.05. The molecule has 1 heterocycles. The molecule has 0 aliphatic rings. The van der Waals surface area contributed by atoms with Crippen LogP contribution in [-0.2, 0) is 11.3 Å². The molecule has 0 aliphatic carbocycles. The van der Waals surface area contributed by atoms with Crippen LogP contribution >= 0.6 is 0 Å². The molecule has 0 spiro atoms. The molecule has 5 rings (SSSR count). The monoisotopic (exact) mass is 491 g/mol. The highest BCUT2D eigenvalue weighted by atomic mass is 16.5. The zero-order valence-corrected chi connectivity index (χ0v) is 20.8. The summed E-state index contributed by atoms with van der Waals surface area (Å²) >= 11 is 0. The molecule has 1 aromatic heterocycles. The number of fused-ring (bicyclic) bond motifs is 2. The number of benzene rings is 4. The average Bonchev–Trinajstić information content (AvgIpc) is 2.94. The predicted octanol–water partition coefficient (Wildman–Crippen LogP) is 6.63. The van der Waals surface area contributed by atoms with Gasteiger partial charge in [-0.15, -0.1) is 0 Å². The Hall–Kier alpha value is -4.71. The van der Waals surface area contributed by atoms with Crippen LogP contribution in [0.3, 0.4) is 0 Å². The van der Waals surface area contributed by atoms with Gasteiger partial charge in [-0.1, -0.05) is 36.4 Å². The number of hydrogen-bond donors (Lipinski definition) is 0. The smallest absolute Gasteiger partial charge is 0.339 e. The van der Waals surface area contributed by atoms with Gasteiger partial charge in [0.25, 0.3) is 0 Å². The number of carbonyl (C=O) groups is 2. The lowest BCUT2D eigenvalue weighted by atomic mass is 10.0. The lowest BCUT2D eigenvalue weighted by Crippen LogP contribution is -2.08. The summed E-state index contributed by atoms with van der Waals surface area (Å²) in [6, 6.07) is 26.2. The molecule has 184 valence electrons. The molecule has 4 aromatic carbocycles. The number of methoxy groups -OCH3 is 2. The number of carbonyl (C=O) groups excluding carboxylic acids is 2. The topological polar surface area (TPSA) is 74.7 Å². The van der Waals surface area contributed by atoms with E-state index < -0.39 is 5.97 Å². The van der Waals surface area contributed by atoms with Gasteiger partial charge in [-0.3, -0.25) is 4.79 Å². The first kappa shape index (κ1) is 24.0. The molecule has 0 saturated heterocycles. The van der Waals surface area contributed by atoms with E-state index in [1.165, 1.54) is 14.0 Å². The Labute approximate surface area is 214 Å². The number of para-hydroxylation sites is 1. The van der Waals surface area contributed by atoms with Crippen molar-refractivity contribution in [1.29, 1.82) is 0 Å². The fourth-order valence-electron chi connectivity index (χ4n) is 4.33. The number of ketones is 1. The van der Waals surface area contributed by atoms with Crippen LogP contribution in [0.2, 0.25) is 0 Å². The van der Waals surface area contributed by atoms with Crippen molar-refractivity contribution in [2.24, 2.45) is 0 Å². The minimum absolute atomic E-state index is 0.0348. The van der Waals surface area contributed by atoms with Crippen molar-refractivity contribution in [1.82, 2.24) is 4.98 Å². The first-order chi connectivity index (χ1) is 18.0. The molecule has 0 bridgehead atoms. The summed E-state index contributed by atoms with van der Waals surface area (Å²) in [5.41, 5.74) is 3.80. The van der Waals surface area contributed by atoms with Gasteiger partial charge in [-0.05, 0) is 66.2 Å². The van der Waals surface area contributed by atoms with E-state index in [4.69, 9.17) is 19.2 Å². The van der Waals surface area contributed by atoms with E-state index in [9.17, 15) is 9.59 Å². The highest BCUT2D eigenvalue weighted by Gasteiger charge is 2.17. The maximum atomic E-state index is 13.3. The molecule has 6 nitrogen and oxygen atoms in total. The molecular weight excluding hydrogens is 466 g/mol. The molecule has 0 aliphatic heterocycles. The second-order valence-electron chi connectivity index (χ2n) is 8.66. The number of pyridine rings is 1. The van der Waals surface area contributed by atoms with Crippen LogP contribution in [0.1, 0.15) is 33.2 Å². The maximum Gasteiger partial charge on any atom is 0.339 e. The van der Waals surface area contributed by atoms with Crippen LogP contribution in [0.15, 0.2) is 84.9 Å². The largest absolute Gasteiger partial charge is 0.497 e. The number of nitrogens with zero attached hydrogens (tertiary/aromatic N) is 1. The van der Waals surface area contributed by atoms with Crippen LogP contribution in [0.25, 0.3) is 32.9 Å². The second-order valence-corrected chi connectivity index (χ2v) is 8.66. The van der Waals surface area contributed by atoms with Crippen LogP contribution in [0.4, 0.5) is 0 Å². The third kappa shape index (κ3) is 4.86. The van der Waals surface area contributed by atoms with Crippen molar-refractivity contribution in [2.75, 3.05) is 14.2 Å². The summed E-state index contributed by atoms with van der Waals surface area (Å²) in [5.74, 6) is 0.778. The third-order valence-corrected chi connectivity index (χ3v) is 6.32. The van der Waals surface area contributed by atoms with Gasteiger partial charge < -0.3 is 14.2 Å². The van der Waals surface area contributed by atoms with E-state index in [0.29, 0.717) is 39.0 Å². The molecule has 6 heteroatoms. The summed E-state index contributed by atoms with van der Waals surface area (Å²) < 4.78 is 16.4. The molecule has 0 saturated carbocycles. The Morgan fingerprint density at radius 3 is 2.38 bits per heavy atom. The zero-order valence-electron chi connectivity index (χ0n) is 20.8. The normalized spacial score (nSPS) is 10.9. The molecule has 5 aromatic rings. The Morgan fingerprint density at radius 1 is 0.811 bits per heavy atom. The van der Waals surface area contributed by atoms with Crippen LogP contribution in [0.5, 0.6) is 11.5 Å². The average molecular weight is 492 g/mol. The van der Waals surface area contributed by atoms with Crippen molar-refractivity contribution in [2.45, 2.75) is 13.5 Å². The summed E-state index contributed by atoms with van der Waals surface area (Å²) in [4.78, 5) is 30.0. The fraction of sp³-hybridized carbons (Fsp3) is 0.129. The molecule has 0 atom stereocenters. The minimum atomic E-state index is -0.486. The molecule has 0 amide bonds. The van der Waals surface area contributed by atoms with Crippen molar-refractivity contribution >= 4 is 33.4 Å². The predicted molar refractivity (Wildman–Crippen MR) is 143 cm³/mol. The lowest BCUT2D eigenvalue weighted by molar-refractivity contribution is 0.0472. The van der Waals surface area contributed by atoms with Gasteiger partial charge in [-0.25, -0.2) is 9.78 Å². The quantitative estimate of drug-likeness (QED) is 0.188. The number of hydrogen-bond acceptors (Lipinski definition) is 6. The summed E-state index contributed by atoms with van der Waals surface area (Å²) in [6.45, 7) is 1.46. The van der Waals surface area contributed by atoms with E-state index >= 15 is 0 Å². The van der Waals surface area contributed by atoms with Crippen LogP contribution < -0.4 is 9.47 Å². The maximum absolute atomic E-state index is 13.3. The standard InChI is InChI=1S/C31H25NO5/c1-19(33)20-11-13-30(36-3)24(14-20)18-37-31(34)27-17-29(32-28-7-5-4-6-26(27)28)23-9-8-22-16-25(35-2)12-10-21(22)15-23/h4-17H,18H2,1-3H3. The number of aromatic nitrogens is 1. The van der Waals surface area contributed by atoms with Gasteiger partial charge in [0.15, 0.2) is 5.78 Å². The van der Waals surface area contributed by atoms with Crippen LogP contribution in [0, 0.1) is 0 Å². The summed E-state index contributed by atoms with van der Waals surface area (Å²) in [5, 5.41) is 2.78. The van der Waals surface area contributed by atoms with Crippen molar-refractivity contribution < 1.29 is 23.8 Å². The van der Waals surface area contributed by atoms with Gasteiger partial charge >= 0.3 is 5.97 Å². The van der Waals surface area contributed by atoms with E-state index in [0.717, 1.165) is 22.1 Å². The first-order valence-corrected chi connectivity index (χ1v) is 11.8.